The molecule has 3 N–H and O–H groups in total. The second-order valence-corrected chi connectivity index (χ2v) is 2.26. The molecule has 1 rings (SSSR count). The standard InChI is InChI=1S/C7H9N5O/c1-5(11-12-7(8)13)6-4-9-2-3-10-6/h2-4H,1H3,(H3,8,12,13). The van der Waals surface area contributed by atoms with Crippen molar-refractivity contribution < 1.29 is 4.79 Å². The Morgan fingerprint density at radius 2 is 2.38 bits per heavy atom. The van der Waals surface area contributed by atoms with Gasteiger partial charge in [-0.1, -0.05) is 0 Å². The van der Waals surface area contributed by atoms with Gasteiger partial charge in [0.05, 0.1) is 11.9 Å². The van der Waals surface area contributed by atoms with E-state index in [2.05, 4.69) is 20.5 Å². The number of primary amides is 1. The predicted molar refractivity (Wildman–Crippen MR) is 47.0 cm³/mol. The van der Waals surface area contributed by atoms with Gasteiger partial charge in [-0.15, -0.1) is 0 Å². The fourth-order valence-corrected chi connectivity index (χ4v) is 0.682. The molecule has 1 heterocycles. The highest BCUT2D eigenvalue weighted by atomic mass is 16.2. The van der Waals surface area contributed by atoms with Gasteiger partial charge in [0.2, 0.25) is 0 Å². The quantitative estimate of drug-likeness (QED) is 0.489. The summed E-state index contributed by atoms with van der Waals surface area (Å²) in [6.45, 7) is 1.69. The smallest absolute Gasteiger partial charge is 0.332 e. The zero-order valence-electron chi connectivity index (χ0n) is 7.06. The summed E-state index contributed by atoms with van der Waals surface area (Å²) in [7, 11) is 0. The molecular weight excluding hydrogens is 170 g/mol. The van der Waals surface area contributed by atoms with Gasteiger partial charge in [0.25, 0.3) is 0 Å². The molecule has 0 saturated carbocycles. The third-order valence-electron chi connectivity index (χ3n) is 1.27. The van der Waals surface area contributed by atoms with E-state index in [0.29, 0.717) is 11.4 Å². The Kier molecular flexibility index (Phi) is 2.91. The fourth-order valence-electron chi connectivity index (χ4n) is 0.682. The van der Waals surface area contributed by atoms with Crippen LogP contribution < -0.4 is 11.2 Å². The Hall–Kier alpha value is -1.98. The number of hydrazone groups is 1. The summed E-state index contributed by atoms with van der Waals surface area (Å²) in [6.07, 6.45) is 4.64. The van der Waals surface area contributed by atoms with Crippen molar-refractivity contribution in [1.82, 2.24) is 15.4 Å². The summed E-state index contributed by atoms with van der Waals surface area (Å²) in [4.78, 5) is 18.1. The molecule has 0 aliphatic heterocycles. The Balaban J connectivity index is 2.73. The Morgan fingerprint density at radius 3 is 2.92 bits per heavy atom. The lowest BCUT2D eigenvalue weighted by molar-refractivity contribution is 0.249. The van der Waals surface area contributed by atoms with Crippen LogP contribution in [0.5, 0.6) is 0 Å². The highest BCUT2D eigenvalue weighted by molar-refractivity contribution is 5.97. The van der Waals surface area contributed by atoms with E-state index in [-0.39, 0.29) is 0 Å². The first-order valence-corrected chi connectivity index (χ1v) is 3.56. The lowest BCUT2D eigenvalue weighted by atomic mass is 10.3. The monoisotopic (exact) mass is 179 g/mol. The van der Waals surface area contributed by atoms with Crippen molar-refractivity contribution in [3.63, 3.8) is 0 Å². The predicted octanol–water partition coefficient (Wildman–Crippen LogP) is -0.131. The van der Waals surface area contributed by atoms with Crippen molar-refractivity contribution in [3.8, 4) is 0 Å². The van der Waals surface area contributed by atoms with Crippen molar-refractivity contribution >= 4 is 11.7 Å². The number of aromatic nitrogens is 2. The number of urea groups is 1. The molecule has 0 unspecified atom stereocenters. The molecule has 6 nitrogen and oxygen atoms in total. The van der Waals surface area contributed by atoms with Crippen molar-refractivity contribution in [2.45, 2.75) is 6.92 Å². The minimum absolute atomic E-state index is 0.548. The molecule has 0 saturated heterocycles. The molecule has 0 fully saturated rings. The maximum atomic E-state index is 10.3. The lowest BCUT2D eigenvalue weighted by Gasteiger charge is -1.97. The van der Waals surface area contributed by atoms with Gasteiger partial charge in [0.15, 0.2) is 0 Å². The van der Waals surface area contributed by atoms with Crippen LogP contribution in [0.3, 0.4) is 0 Å². The summed E-state index contributed by atoms with van der Waals surface area (Å²) >= 11 is 0. The molecule has 0 aliphatic carbocycles. The first kappa shape index (κ1) is 9.11. The molecule has 0 bridgehead atoms. The largest absolute Gasteiger partial charge is 0.350 e. The summed E-state index contributed by atoms with van der Waals surface area (Å²) in [5.41, 5.74) is 8.07. The van der Waals surface area contributed by atoms with Gasteiger partial charge in [0.1, 0.15) is 5.69 Å². The summed E-state index contributed by atoms with van der Waals surface area (Å²) < 4.78 is 0. The van der Waals surface area contributed by atoms with Crippen LogP contribution >= 0.6 is 0 Å². The van der Waals surface area contributed by atoms with Crippen molar-refractivity contribution in [3.05, 3.63) is 24.3 Å². The van der Waals surface area contributed by atoms with Crippen molar-refractivity contribution in [1.29, 1.82) is 0 Å². The molecule has 0 radical (unpaired) electrons. The van der Waals surface area contributed by atoms with Gasteiger partial charge < -0.3 is 5.73 Å². The van der Waals surface area contributed by atoms with Gasteiger partial charge in [-0.2, -0.15) is 5.10 Å². The van der Waals surface area contributed by atoms with Crippen LogP contribution in [-0.2, 0) is 0 Å². The van der Waals surface area contributed by atoms with Crippen LogP contribution in [0, 0.1) is 0 Å². The Bertz CT molecular complexity index is 321. The third kappa shape index (κ3) is 2.86. The number of carbonyl (C=O) groups excluding carboxylic acids is 1. The minimum Gasteiger partial charge on any atom is -0.350 e. The van der Waals surface area contributed by atoms with Crippen LogP contribution in [0.1, 0.15) is 12.6 Å². The Morgan fingerprint density at radius 1 is 1.62 bits per heavy atom. The van der Waals surface area contributed by atoms with Gasteiger partial charge in [-0.3, -0.25) is 9.97 Å². The first-order chi connectivity index (χ1) is 6.20. The van der Waals surface area contributed by atoms with E-state index in [4.69, 9.17) is 5.73 Å². The highest BCUT2D eigenvalue weighted by Gasteiger charge is 1.97. The molecule has 0 aromatic carbocycles. The molecular formula is C7H9N5O. The number of carbonyl (C=O) groups is 1. The van der Waals surface area contributed by atoms with Crippen LogP contribution in [0.15, 0.2) is 23.7 Å². The second-order valence-electron chi connectivity index (χ2n) is 2.26. The highest BCUT2D eigenvalue weighted by Crippen LogP contribution is 1.91. The van der Waals surface area contributed by atoms with Gasteiger partial charge in [0, 0.05) is 12.4 Å². The van der Waals surface area contributed by atoms with Crippen LogP contribution in [0.4, 0.5) is 4.79 Å². The van der Waals surface area contributed by atoms with E-state index in [1.165, 1.54) is 0 Å². The number of hydrogen-bond donors (Lipinski definition) is 2. The number of rotatable bonds is 2. The number of amides is 2. The van der Waals surface area contributed by atoms with Crippen molar-refractivity contribution in [2.24, 2.45) is 10.8 Å². The van der Waals surface area contributed by atoms with Crippen molar-refractivity contribution in [2.75, 3.05) is 0 Å². The number of hydrogen-bond acceptors (Lipinski definition) is 4. The average Bonchev–Trinajstić information content (AvgIpc) is 2.15. The molecule has 13 heavy (non-hydrogen) atoms. The molecule has 68 valence electrons. The molecule has 1 aromatic heterocycles. The van der Waals surface area contributed by atoms with E-state index in [9.17, 15) is 4.79 Å². The molecule has 0 aliphatic rings. The summed E-state index contributed by atoms with van der Waals surface area (Å²) in [5.74, 6) is 0. The average molecular weight is 179 g/mol. The van der Waals surface area contributed by atoms with E-state index in [0.717, 1.165) is 0 Å². The lowest BCUT2D eigenvalue weighted by Crippen LogP contribution is -2.25. The van der Waals surface area contributed by atoms with E-state index < -0.39 is 6.03 Å². The number of nitrogens with zero attached hydrogens (tertiary/aromatic N) is 3. The molecule has 1 aromatic rings. The third-order valence-corrected chi connectivity index (χ3v) is 1.27. The second kappa shape index (κ2) is 4.15. The van der Waals surface area contributed by atoms with E-state index >= 15 is 0 Å². The van der Waals surface area contributed by atoms with E-state index in [1.54, 1.807) is 25.5 Å². The zero-order valence-corrected chi connectivity index (χ0v) is 7.06. The van der Waals surface area contributed by atoms with Crippen LogP contribution in [-0.4, -0.2) is 21.7 Å². The summed E-state index contributed by atoms with van der Waals surface area (Å²) in [6, 6.07) is -0.705. The molecule has 0 atom stereocenters. The number of nitrogens with one attached hydrogen (secondary N) is 1. The number of nitrogens with two attached hydrogens (primary N) is 1. The first-order valence-electron chi connectivity index (χ1n) is 3.56. The molecule has 2 amide bonds. The van der Waals surface area contributed by atoms with Gasteiger partial charge in [-0.05, 0) is 6.92 Å². The van der Waals surface area contributed by atoms with Crippen LogP contribution in [0.25, 0.3) is 0 Å². The topological polar surface area (TPSA) is 93.3 Å². The van der Waals surface area contributed by atoms with Crippen LogP contribution in [0.2, 0.25) is 0 Å². The van der Waals surface area contributed by atoms with E-state index in [1.807, 2.05) is 0 Å². The van der Waals surface area contributed by atoms with Gasteiger partial charge in [-0.25, -0.2) is 10.2 Å². The van der Waals surface area contributed by atoms with Gasteiger partial charge >= 0.3 is 6.03 Å². The molecule has 0 spiro atoms. The summed E-state index contributed by atoms with van der Waals surface area (Å²) in [5, 5.41) is 3.68. The normalized spacial score (nSPS) is 11.0. The Labute approximate surface area is 74.9 Å². The molecule has 6 heteroatoms. The maximum Gasteiger partial charge on any atom is 0.332 e. The fraction of sp³-hybridized carbons (Fsp3) is 0.143. The SMILES string of the molecule is CC(=NNC(N)=O)c1cnccn1. The maximum absolute atomic E-state index is 10.3. The minimum atomic E-state index is -0.705. The zero-order chi connectivity index (χ0) is 9.68.